The largest absolute Gasteiger partial charge is 0.490 e. The highest BCUT2D eigenvalue weighted by molar-refractivity contribution is 9.10. The molecule has 0 radical (unpaired) electrons. The van der Waals surface area contributed by atoms with Gasteiger partial charge in [-0.3, -0.25) is 4.90 Å². The summed E-state index contributed by atoms with van der Waals surface area (Å²) in [5.41, 5.74) is 1.16. The van der Waals surface area contributed by atoms with E-state index < -0.39 is 0 Å². The lowest BCUT2D eigenvalue weighted by Crippen LogP contribution is -2.47. The fraction of sp³-hybridized carbons (Fsp3) is 0.625. The molecule has 5 heteroatoms. The molecule has 1 aromatic carbocycles. The van der Waals surface area contributed by atoms with Crippen molar-refractivity contribution in [1.82, 2.24) is 10.2 Å². The summed E-state index contributed by atoms with van der Waals surface area (Å²) in [5.74, 6) is 0.929. The van der Waals surface area contributed by atoms with Crippen LogP contribution in [0.15, 0.2) is 22.7 Å². The van der Waals surface area contributed by atoms with Gasteiger partial charge in [0.05, 0.1) is 6.61 Å². The summed E-state index contributed by atoms with van der Waals surface area (Å²) in [4.78, 5) is 2.44. The van der Waals surface area contributed by atoms with Crippen molar-refractivity contribution in [2.24, 2.45) is 0 Å². The first-order valence-corrected chi connectivity index (χ1v) is 8.31. The number of benzene rings is 1. The van der Waals surface area contributed by atoms with Crippen molar-refractivity contribution in [3.8, 4) is 5.75 Å². The Morgan fingerprint density at radius 2 is 2.29 bits per heavy atom. The van der Waals surface area contributed by atoms with Gasteiger partial charge in [0, 0.05) is 35.7 Å². The molecule has 1 heterocycles. The second-order valence-electron chi connectivity index (χ2n) is 5.67. The monoisotopic (exact) mass is 356 g/mol. The summed E-state index contributed by atoms with van der Waals surface area (Å²) in [6.45, 7) is 8.58. The van der Waals surface area contributed by atoms with E-state index in [-0.39, 0.29) is 6.10 Å². The van der Waals surface area contributed by atoms with Gasteiger partial charge in [-0.25, -0.2) is 0 Å². The molecule has 1 atom stereocenters. The minimum Gasteiger partial charge on any atom is -0.490 e. The highest BCUT2D eigenvalue weighted by Gasteiger charge is 2.22. The van der Waals surface area contributed by atoms with Crippen LogP contribution in [-0.4, -0.2) is 50.4 Å². The van der Waals surface area contributed by atoms with Gasteiger partial charge in [-0.1, -0.05) is 15.9 Å². The van der Waals surface area contributed by atoms with Crippen molar-refractivity contribution < 1.29 is 9.47 Å². The lowest BCUT2D eigenvalue weighted by Gasteiger charge is -2.35. The third kappa shape index (κ3) is 4.95. The van der Waals surface area contributed by atoms with Crippen molar-refractivity contribution in [2.75, 3.05) is 33.4 Å². The molecular formula is C16H25BrN2O2. The fourth-order valence-electron chi connectivity index (χ4n) is 2.51. The fourth-order valence-corrected chi connectivity index (χ4v) is 2.92. The molecule has 0 aliphatic carbocycles. The van der Waals surface area contributed by atoms with Crippen LogP contribution >= 0.6 is 15.9 Å². The second kappa shape index (κ2) is 8.13. The molecule has 1 aromatic rings. The average molecular weight is 357 g/mol. The first kappa shape index (κ1) is 16.7. The first-order valence-electron chi connectivity index (χ1n) is 7.51. The zero-order chi connectivity index (χ0) is 15.2. The predicted octanol–water partition coefficient (Wildman–Crippen LogP) is 2.66. The Morgan fingerprint density at radius 1 is 1.48 bits per heavy atom. The molecule has 1 fully saturated rings. The van der Waals surface area contributed by atoms with Gasteiger partial charge in [-0.05, 0) is 39.1 Å². The van der Waals surface area contributed by atoms with E-state index in [9.17, 15) is 0 Å². The molecule has 0 bridgehead atoms. The smallest absolute Gasteiger partial charge is 0.124 e. The van der Waals surface area contributed by atoms with Gasteiger partial charge in [-0.15, -0.1) is 0 Å². The molecule has 0 aromatic heterocycles. The summed E-state index contributed by atoms with van der Waals surface area (Å²) < 4.78 is 12.9. The third-order valence-corrected chi connectivity index (χ3v) is 4.21. The number of nitrogens with zero attached hydrogens (tertiary/aromatic N) is 1. The molecule has 0 amide bonds. The van der Waals surface area contributed by atoms with Crippen LogP contribution in [0.1, 0.15) is 19.4 Å². The minimum atomic E-state index is 0.146. The van der Waals surface area contributed by atoms with Crippen LogP contribution in [0.5, 0.6) is 5.75 Å². The topological polar surface area (TPSA) is 33.7 Å². The second-order valence-corrected chi connectivity index (χ2v) is 6.59. The Labute approximate surface area is 135 Å². The molecule has 1 unspecified atom stereocenters. The Kier molecular flexibility index (Phi) is 6.48. The maximum Gasteiger partial charge on any atom is 0.124 e. The normalized spacial score (nSPS) is 20.0. The lowest BCUT2D eigenvalue weighted by atomic mass is 10.2. The Hall–Kier alpha value is -0.620. The molecule has 0 saturated carbocycles. The molecule has 0 spiro atoms. The number of ether oxygens (including phenoxy) is 2. The number of hydrogen-bond acceptors (Lipinski definition) is 4. The zero-order valence-electron chi connectivity index (χ0n) is 13.1. The summed E-state index contributed by atoms with van der Waals surface area (Å²) in [6.07, 6.45) is 0.146. The zero-order valence-corrected chi connectivity index (χ0v) is 14.6. The maximum atomic E-state index is 6.00. The highest BCUT2D eigenvalue weighted by atomic mass is 79.9. The van der Waals surface area contributed by atoms with Gasteiger partial charge >= 0.3 is 0 Å². The summed E-state index contributed by atoms with van der Waals surface area (Å²) in [7, 11) is 1.94. The van der Waals surface area contributed by atoms with Gasteiger partial charge in [0.1, 0.15) is 18.5 Å². The van der Waals surface area contributed by atoms with Crippen LogP contribution in [0, 0.1) is 0 Å². The lowest BCUT2D eigenvalue weighted by molar-refractivity contribution is -0.0565. The Balaban J connectivity index is 1.93. The molecule has 1 saturated heterocycles. The van der Waals surface area contributed by atoms with Crippen molar-refractivity contribution in [3.05, 3.63) is 28.2 Å². The number of hydrogen-bond donors (Lipinski definition) is 1. The third-order valence-electron chi connectivity index (χ3n) is 3.71. The Morgan fingerprint density at radius 3 is 3.00 bits per heavy atom. The van der Waals surface area contributed by atoms with E-state index in [1.54, 1.807) is 0 Å². The molecule has 1 aliphatic heterocycles. The summed E-state index contributed by atoms with van der Waals surface area (Å²) >= 11 is 3.50. The number of halogens is 1. The van der Waals surface area contributed by atoms with E-state index in [0.717, 1.165) is 42.0 Å². The number of nitrogens with one attached hydrogen (secondary N) is 1. The molecule has 2 rings (SSSR count). The SMILES string of the molecule is CNCc1cc(Br)ccc1OCC1CN(C(C)C)CCO1. The summed E-state index contributed by atoms with van der Waals surface area (Å²) in [5, 5.41) is 3.17. The van der Waals surface area contributed by atoms with E-state index in [1.165, 1.54) is 0 Å². The van der Waals surface area contributed by atoms with Gasteiger partial charge in [-0.2, -0.15) is 0 Å². The van der Waals surface area contributed by atoms with Crippen LogP contribution in [0.25, 0.3) is 0 Å². The first-order chi connectivity index (χ1) is 10.1. The van der Waals surface area contributed by atoms with Crippen LogP contribution in [0.2, 0.25) is 0 Å². The Bertz CT molecular complexity index is 454. The number of morpholine rings is 1. The van der Waals surface area contributed by atoms with Crippen LogP contribution in [0.4, 0.5) is 0 Å². The van der Waals surface area contributed by atoms with Crippen molar-refractivity contribution in [3.63, 3.8) is 0 Å². The highest BCUT2D eigenvalue weighted by Crippen LogP contribution is 2.23. The average Bonchev–Trinajstić information content (AvgIpc) is 2.47. The van der Waals surface area contributed by atoms with Crippen molar-refractivity contribution >= 4 is 15.9 Å². The quantitative estimate of drug-likeness (QED) is 0.849. The van der Waals surface area contributed by atoms with Crippen molar-refractivity contribution in [2.45, 2.75) is 32.5 Å². The molecule has 1 N–H and O–H groups in total. The van der Waals surface area contributed by atoms with Crippen LogP contribution in [-0.2, 0) is 11.3 Å². The van der Waals surface area contributed by atoms with E-state index in [1.807, 2.05) is 19.2 Å². The van der Waals surface area contributed by atoms with Gasteiger partial charge in [0.15, 0.2) is 0 Å². The standard InChI is InChI=1S/C16H25BrN2O2/c1-12(2)19-6-7-20-15(10-19)11-21-16-5-4-14(17)8-13(16)9-18-3/h4-5,8,12,15,18H,6-7,9-11H2,1-3H3. The molecule has 4 nitrogen and oxygen atoms in total. The predicted molar refractivity (Wildman–Crippen MR) is 88.8 cm³/mol. The molecule has 21 heavy (non-hydrogen) atoms. The molecule has 118 valence electrons. The van der Waals surface area contributed by atoms with Crippen LogP contribution < -0.4 is 10.1 Å². The van der Waals surface area contributed by atoms with Gasteiger partial charge < -0.3 is 14.8 Å². The van der Waals surface area contributed by atoms with E-state index in [2.05, 4.69) is 46.1 Å². The molecular weight excluding hydrogens is 332 g/mol. The summed E-state index contributed by atoms with van der Waals surface area (Å²) in [6, 6.07) is 6.67. The van der Waals surface area contributed by atoms with Crippen molar-refractivity contribution in [1.29, 1.82) is 0 Å². The van der Waals surface area contributed by atoms with Crippen LogP contribution in [0.3, 0.4) is 0 Å². The molecule has 1 aliphatic rings. The van der Waals surface area contributed by atoms with E-state index in [4.69, 9.17) is 9.47 Å². The van der Waals surface area contributed by atoms with E-state index in [0.29, 0.717) is 12.6 Å². The minimum absolute atomic E-state index is 0.146. The van der Waals surface area contributed by atoms with E-state index >= 15 is 0 Å². The van der Waals surface area contributed by atoms with Gasteiger partial charge in [0.2, 0.25) is 0 Å². The number of rotatable bonds is 6. The maximum absolute atomic E-state index is 6.00. The van der Waals surface area contributed by atoms with Gasteiger partial charge in [0.25, 0.3) is 0 Å².